The van der Waals surface area contributed by atoms with Crippen LogP contribution in [-0.2, 0) is 14.2 Å². The number of ether oxygens (including phenoxy) is 4. The first-order valence-electron chi connectivity index (χ1n) is 12.0. The number of aliphatic hydroxyl groups is 5. The zero-order valence-electron chi connectivity index (χ0n) is 20.4. The lowest BCUT2D eigenvalue weighted by Crippen LogP contribution is -2.56. The molecule has 0 radical (unpaired) electrons. The van der Waals surface area contributed by atoms with Gasteiger partial charge in [-0.3, -0.25) is 4.79 Å². The van der Waals surface area contributed by atoms with Gasteiger partial charge in [0, 0.05) is 17.7 Å². The Hall–Kier alpha value is -3.67. The number of aromatic hydroxyl groups is 4. The third-order valence-electron chi connectivity index (χ3n) is 6.61. The number of rotatable bonds is 6. The zero-order chi connectivity index (χ0) is 28.9. The molecule has 0 aliphatic carbocycles. The van der Waals surface area contributed by atoms with Crippen molar-refractivity contribution in [2.75, 3.05) is 13.2 Å². The molecular weight excluding hydrogens is 540 g/mol. The number of phenolic OH excluding ortho intramolecular Hbond substituents is 4. The van der Waals surface area contributed by atoms with Crippen molar-refractivity contribution in [2.45, 2.75) is 49.2 Å². The second-order valence-electron chi connectivity index (χ2n) is 9.32. The molecule has 0 saturated carbocycles. The van der Waals surface area contributed by atoms with Crippen molar-refractivity contribution < 1.29 is 69.3 Å². The molecule has 9 N–H and O–H groups in total. The van der Waals surface area contributed by atoms with Crippen molar-refractivity contribution in [3.8, 4) is 40.1 Å². The van der Waals surface area contributed by atoms with Crippen LogP contribution in [0.3, 0.4) is 0 Å². The number of benzene rings is 2. The van der Waals surface area contributed by atoms with Gasteiger partial charge in [0.25, 0.3) is 0 Å². The highest BCUT2D eigenvalue weighted by molar-refractivity contribution is 5.88. The Morgan fingerprint density at radius 2 is 1.62 bits per heavy atom. The average molecular weight is 566 g/mol. The Morgan fingerprint density at radius 3 is 2.33 bits per heavy atom. The quantitative estimate of drug-likeness (QED) is 0.155. The maximum atomic E-state index is 13.6. The van der Waals surface area contributed by atoms with E-state index in [1.807, 2.05) is 0 Å². The highest BCUT2D eigenvalue weighted by Gasteiger charge is 2.50. The Labute approximate surface area is 223 Å². The molecule has 2 aliphatic heterocycles. The van der Waals surface area contributed by atoms with Crippen molar-refractivity contribution in [3.05, 3.63) is 40.6 Å². The highest BCUT2D eigenvalue weighted by atomic mass is 16.8. The third kappa shape index (κ3) is 4.89. The standard InChI is InChI=1S/C25H26O15/c26-6-15-18(33)23(40-24-20(35)17(32)13(31)7-36-24)25(38-15)39-22-19(34)16-12(30)4-9(27)5-14(16)37-21(22)8-1-2-10(28)11(29)3-8/h1-5,13,15,17-18,20,23-33,35H,6-7H2. The largest absolute Gasteiger partial charge is 0.508 e. The van der Waals surface area contributed by atoms with Crippen LogP contribution in [0.15, 0.2) is 39.5 Å². The molecule has 8 unspecified atom stereocenters. The summed E-state index contributed by atoms with van der Waals surface area (Å²) in [7, 11) is 0. The first-order chi connectivity index (χ1) is 19.0. The van der Waals surface area contributed by atoms with Crippen LogP contribution in [-0.4, -0.2) is 108 Å². The summed E-state index contributed by atoms with van der Waals surface area (Å²) < 4.78 is 28.0. The Morgan fingerprint density at radius 1 is 0.875 bits per heavy atom. The average Bonchev–Trinajstić information content (AvgIpc) is 3.20. The van der Waals surface area contributed by atoms with Crippen molar-refractivity contribution >= 4 is 11.0 Å². The molecule has 216 valence electrons. The summed E-state index contributed by atoms with van der Waals surface area (Å²) in [5.41, 5.74) is -1.24. The maximum absolute atomic E-state index is 13.6. The SMILES string of the molecule is O=c1c(OC2OC(CO)C(O)C2OC2OCC(O)C(O)C2O)c(-c2ccc(O)c(O)c2)oc2cc(O)cc(O)c12. The predicted molar refractivity (Wildman–Crippen MR) is 130 cm³/mol. The van der Waals surface area contributed by atoms with Crippen LogP contribution >= 0.6 is 0 Å². The van der Waals surface area contributed by atoms with Crippen LogP contribution in [0, 0.1) is 0 Å². The molecule has 40 heavy (non-hydrogen) atoms. The zero-order valence-corrected chi connectivity index (χ0v) is 20.4. The van der Waals surface area contributed by atoms with Gasteiger partial charge in [0.15, 0.2) is 29.7 Å². The molecule has 8 atom stereocenters. The van der Waals surface area contributed by atoms with Gasteiger partial charge in [-0.2, -0.15) is 0 Å². The van der Waals surface area contributed by atoms with Crippen LogP contribution in [0.1, 0.15) is 0 Å². The smallest absolute Gasteiger partial charge is 0.239 e. The Kier molecular flexibility index (Phi) is 7.47. The monoisotopic (exact) mass is 566 g/mol. The summed E-state index contributed by atoms with van der Waals surface area (Å²) >= 11 is 0. The third-order valence-corrected chi connectivity index (χ3v) is 6.61. The van der Waals surface area contributed by atoms with Crippen LogP contribution < -0.4 is 10.2 Å². The molecule has 15 heteroatoms. The first kappa shape index (κ1) is 27.9. The van der Waals surface area contributed by atoms with Gasteiger partial charge in [-0.25, -0.2) is 0 Å². The minimum Gasteiger partial charge on any atom is -0.508 e. The summed E-state index contributed by atoms with van der Waals surface area (Å²) in [6.07, 6.45) is -12.5. The van der Waals surface area contributed by atoms with E-state index in [4.69, 9.17) is 23.4 Å². The molecule has 5 rings (SSSR count). The van der Waals surface area contributed by atoms with Gasteiger partial charge in [-0.05, 0) is 18.2 Å². The number of aliphatic hydroxyl groups excluding tert-OH is 5. The van der Waals surface area contributed by atoms with E-state index >= 15 is 0 Å². The number of hydrogen-bond acceptors (Lipinski definition) is 15. The lowest BCUT2D eigenvalue weighted by molar-refractivity contribution is -0.298. The van der Waals surface area contributed by atoms with Crippen LogP contribution in [0.2, 0.25) is 0 Å². The fourth-order valence-electron chi connectivity index (χ4n) is 4.49. The van der Waals surface area contributed by atoms with E-state index in [0.29, 0.717) is 0 Å². The fraction of sp³-hybridized carbons (Fsp3) is 0.400. The molecule has 3 aromatic rings. The molecule has 2 aliphatic rings. The van der Waals surface area contributed by atoms with E-state index in [1.54, 1.807) is 0 Å². The minimum absolute atomic E-state index is 0.00463. The Balaban J connectivity index is 1.59. The van der Waals surface area contributed by atoms with Gasteiger partial charge in [-0.1, -0.05) is 0 Å². The number of phenols is 4. The predicted octanol–water partition coefficient (Wildman–Crippen LogP) is -1.44. The normalized spacial score (nSPS) is 30.5. The van der Waals surface area contributed by atoms with E-state index in [2.05, 4.69) is 0 Å². The first-order valence-corrected chi connectivity index (χ1v) is 12.0. The lowest BCUT2D eigenvalue weighted by Gasteiger charge is -2.37. The summed E-state index contributed by atoms with van der Waals surface area (Å²) in [5, 5.41) is 90.0. The molecule has 0 bridgehead atoms. The van der Waals surface area contributed by atoms with Gasteiger partial charge < -0.3 is 69.3 Å². The summed E-state index contributed by atoms with van der Waals surface area (Å²) in [4.78, 5) is 13.6. The second-order valence-corrected chi connectivity index (χ2v) is 9.32. The molecule has 2 fully saturated rings. The topological polar surface area (TPSA) is 249 Å². The molecule has 2 aromatic carbocycles. The molecule has 2 saturated heterocycles. The summed E-state index contributed by atoms with van der Waals surface area (Å²) in [6.45, 7) is -1.14. The van der Waals surface area contributed by atoms with E-state index in [0.717, 1.165) is 24.3 Å². The Bertz CT molecular complexity index is 1450. The number of fused-ring (bicyclic) bond motifs is 1. The minimum atomic E-state index is -1.75. The van der Waals surface area contributed by atoms with E-state index in [9.17, 15) is 50.8 Å². The van der Waals surface area contributed by atoms with Crippen molar-refractivity contribution in [3.63, 3.8) is 0 Å². The van der Waals surface area contributed by atoms with Gasteiger partial charge in [-0.15, -0.1) is 0 Å². The van der Waals surface area contributed by atoms with Gasteiger partial charge >= 0.3 is 0 Å². The van der Waals surface area contributed by atoms with E-state index in [1.165, 1.54) is 6.07 Å². The molecule has 3 heterocycles. The maximum Gasteiger partial charge on any atom is 0.239 e. The van der Waals surface area contributed by atoms with Crippen LogP contribution in [0.25, 0.3) is 22.3 Å². The van der Waals surface area contributed by atoms with Gasteiger partial charge in [0.1, 0.15) is 53.0 Å². The van der Waals surface area contributed by atoms with Gasteiger partial charge in [0.2, 0.25) is 17.5 Å². The molecule has 0 spiro atoms. The lowest BCUT2D eigenvalue weighted by atomic mass is 10.1. The van der Waals surface area contributed by atoms with Crippen molar-refractivity contribution in [1.29, 1.82) is 0 Å². The van der Waals surface area contributed by atoms with Crippen LogP contribution in [0.5, 0.6) is 28.7 Å². The molecule has 15 nitrogen and oxygen atoms in total. The summed E-state index contributed by atoms with van der Waals surface area (Å²) in [5.74, 6) is -3.12. The highest BCUT2D eigenvalue weighted by Crippen LogP contribution is 2.40. The van der Waals surface area contributed by atoms with Gasteiger partial charge in [0.05, 0.1) is 13.2 Å². The van der Waals surface area contributed by atoms with Crippen LogP contribution in [0.4, 0.5) is 0 Å². The molecule has 0 amide bonds. The fourth-order valence-corrected chi connectivity index (χ4v) is 4.49. The number of hydrogen-bond donors (Lipinski definition) is 9. The van der Waals surface area contributed by atoms with Crippen molar-refractivity contribution in [2.24, 2.45) is 0 Å². The van der Waals surface area contributed by atoms with E-state index < -0.39 is 102 Å². The van der Waals surface area contributed by atoms with E-state index in [-0.39, 0.29) is 16.9 Å². The summed E-state index contributed by atoms with van der Waals surface area (Å²) in [6, 6.07) is 5.35. The molecule has 1 aromatic heterocycles. The van der Waals surface area contributed by atoms with Crippen molar-refractivity contribution in [1.82, 2.24) is 0 Å². The second kappa shape index (κ2) is 10.7. The molecular formula is C25H26O15.